The molecule has 0 fully saturated rings. The van der Waals surface area contributed by atoms with Crippen molar-refractivity contribution in [3.8, 4) is 11.4 Å². The maximum atomic E-state index is 11.8. The van der Waals surface area contributed by atoms with E-state index in [1.54, 1.807) is 19.1 Å². The second-order valence-corrected chi connectivity index (χ2v) is 4.58. The molecule has 2 aromatic heterocycles. The maximum Gasteiger partial charge on any atom is 0.162 e. The monoisotopic (exact) mass is 275 g/mol. The highest BCUT2D eigenvalue weighted by Gasteiger charge is 2.17. The first-order valence-electron chi connectivity index (χ1n) is 5.87. The van der Waals surface area contributed by atoms with Gasteiger partial charge >= 0.3 is 0 Å². The number of allylic oxidation sites excluding steroid dienone is 1. The molecule has 0 atom stereocenters. The van der Waals surface area contributed by atoms with Gasteiger partial charge in [0.05, 0.1) is 5.69 Å². The van der Waals surface area contributed by atoms with Crippen molar-refractivity contribution in [2.75, 3.05) is 0 Å². The number of hydrogen-bond donors (Lipinski definition) is 0. The van der Waals surface area contributed by atoms with Gasteiger partial charge in [0.2, 0.25) is 0 Å². The number of nitrogens with zero attached hydrogens (tertiary/aromatic N) is 3. The van der Waals surface area contributed by atoms with Gasteiger partial charge in [0, 0.05) is 18.3 Å². The zero-order valence-electron chi connectivity index (χ0n) is 11.0. The molecule has 2 heterocycles. The number of Topliss-reactive ketones (excluding diaryl/α,β-unsaturated/α-hetero) is 1. The average molecular weight is 276 g/mol. The maximum absolute atomic E-state index is 11.8. The highest BCUT2D eigenvalue weighted by molar-refractivity contribution is 6.29. The molecule has 0 radical (unpaired) electrons. The molecular weight excluding hydrogens is 262 g/mol. The third-order valence-electron chi connectivity index (χ3n) is 2.86. The number of ketones is 1. The van der Waals surface area contributed by atoms with Gasteiger partial charge in [-0.1, -0.05) is 17.7 Å². The number of rotatable bonds is 3. The summed E-state index contributed by atoms with van der Waals surface area (Å²) in [5, 5.41) is 8.20. The van der Waals surface area contributed by atoms with Crippen molar-refractivity contribution < 1.29 is 4.79 Å². The summed E-state index contributed by atoms with van der Waals surface area (Å²) in [5.74, 6) is -0.00176. The molecule has 19 heavy (non-hydrogen) atoms. The van der Waals surface area contributed by atoms with Gasteiger partial charge in [-0.15, -0.1) is 10.2 Å². The van der Waals surface area contributed by atoms with Crippen molar-refractivity contribution in [2.45, 2.75) is 13.8 Å². The van der Waals surface area contributed by atoms with Gasteiger partial charge in [0.15, 0.2) is 10.9 Å². The minimum atomic E-state index is -0.00176. The fourth-order valence-electron chi connectivity index (χ4n) is 1.97. The lowest BCUT2D eigenvalue weighted by Crippen LogP contribution is -2.01. The zero-order valence-corrected chi connectivity index (χ0v) is 11.8. The number of halogens is 1. The molecule has 98 valence electrons. The van der Waals surface area contributed by atoms with Gasteiger partial charge in [0.25, 0.3) is 0 Å². The first-order valence-corrected chi connectivity index (χ1v) is 6.25. The van der Waals surface area contributed by atoms with E-state index in [1.165, 1.54) is 0 Å². The third-order valence-corrected chi connectivity index (χ3v) is 3.06. The van der Waals surface area contributed by atoms with E-state index >= 15 is 0 Å². The van der Waals surface area contributed by atoms with E-state index in [0.717, 1.165) is 11.4 Å². The van der Waals surface area contributed by atoms with Crippen LogP contribution in [0.15, 0.2) is 24.3 Å². The van der Waals surface area contributed by atoms with E-state index in [0.29, 0.717) is 16.4 Å². The second kappa shape index (κ2) is 5.36. The van der Waals surface area contributed by atoms with Gasteiger partial charge in [-0.25, -0.2) is 0 Å². The molecule has 0 aromatic carbocycles. The Bertz CT molecular complexity index is 641. The third kappa shape index (κ3) is 2.58. The molecule has 0 saturated carbocycles. The molecular formula is C14H14ClN3O. The minimum Gasteiger partial charge on any atom is -0.342 e. The lowest BCUT2D eigenvalue weighted by molar-refractivity contribution is 0.101. The van der Waals surface area contributed by atoms with Crippen molar-refractivity contribution in [3.63, 3.8) is 0 Å². The SMILES string of the molecule is C/C=C\c1cc(C(C)=O)c(-c2ccc(Cl)nn2)n1C. The van der Waals surface area contributed by atoms with E-state index in [2.05, 4.69) is 10.2 Å². The minimum absolute atomic E-state index is 0.00176. The number of carbonyl (C=O) groups is 1. The average Bonchev–Trinajstić information content (AvgIpc) is 2.69. The predicted molar refractivity (Wildman–Crippen MR) is 76.2 cm³/mol. The van der Waals surface area contributed by atoms with Crippen molar-refractivity contribution >= 4 is 23.5 Å². The number of aromatic nitrogens is 3. The summed E-state index contributed by atoms with van der Waals surface area (Å²) < 4.78 is 1.93. The normalized spacial score (nSPS) is 11.2. The summed E-state index contributed by atoms with van der Waals surface area (Å²) in [4.78, 5) is 11.8. The Morgan fingerprint density at radius 1 is 1.37 bits per heavy atom. The van der Waals surface area contributed by atoms with Crippen LogP contribution in [0, 0.1) is 0 Å². The second-order valence-electron chi connectivity index (χ2n) is 4.19. The van der Waals surface area contributed by atoms with Gasteiger partial charge < -0.3 is 4.57 Å². The van der Waals surface area contributed by atoms with Crippen LogP contribution in [-0.4, -0.2) is 20.5 Å². The predicted octanol–water partition coefficient (Wildman–Crippen LogP) is 3.37. The fourth-order valence-corrected chi connectivity index (χ4v) is 2.07. The van der Waals surface area contributed by atoms with Crippen LogP contribution in [0.4, 0.5) is 0 Å². The van der Waals surface area contributed by atoms with E-state index in [-0.39, 0.29) is 5.78 Å². The summed E-state index contributed by atoms with van der Waals surface area (Å²) in [7, 11) is 1.90. The van der Waals surface area contributed by atoms with Crippen LogP contribution in [-0.2, 0) is 7.05 Å². The van der Waals surface area contributed by atoms with Crippen molar-refractivity contribution in [1.82, 2.24) is 14.8 Å². The zero-order chi connectivity index (χ0) is 14.0. The quantitative estimate of drug-likeness (QED) is 0.807. The van der Waals surface area contributed by atoms with Crippen molar-refractivity contribution in [1.29, 1.82) is 0 Å². The van der Waals surface area contributed by atoms with Gasteiger partial charge in [-0.05, 0) is 38.1 Å². The molecule has 2 rings (SSSR count). The van der Waals surface area contributed by atoms with E-state index in [9.17, 15) is 4.79 Å². The molecule has 2 aromatic rings. The first-order chi connectivity index (χ1) is 9.04. The topological polar surface area (TPSA) is 47.8 Å². The standard InChI is InChI=1S/C14H14ClN3O/c1-4-5-10-8-11(9(2)19)14(18(10)3)12-6-7-13(15)17-16-12/h4-8H,1-3H3/b5-4-. The molecule has 0 N–H and O–H groups in total. The summed E-state index contributed by atoms with van der Waals surface area (Å²) >= 11 is 5.74. The Morgan fingerprint density at radius 2 is 2.11 bits per heavy atom. The summed E-state index contributed by atoms with van der Waals surface area (Å²) in [6.07, 6.45) is 3.87. The summed E-state index contributed by atoms with van der Waals surface area (Å²) in [6.45, 7) is 3.48. The van der Waals surface area contributed by atoms with Crippen LogP contribution >= 0.6 is 11.6 Å². The number of hydrogen-bond acceptors (Lipinski definition) is 3. The van der Waals surface area contributed by atoms with Crippen molar-refractivity contribution in [3.05, 3.63) is 40.7 Å². The molecule has 0 unspecified atom stereocenters. The lowest BCUT2D eigenvalue weighted by atomic mass is 10.1. The van der Waals surface area contributed by atoms with Crippen LogP contribution in [0.2, 0.25) is 5.15 Å². The fraction of sp³-hybridized carbons (Fsp3) is 0.214. The molecule has 5 heteroatoms. The molecule has 0 aliphatic rings. The largest absolute Gasteiger partial charge is 0.342 e. The smallest absolute Gasteiger partial charge is 0.162 e. The van der Waals surface area contributed by atoms with Gasteiger partial charge in [-0.2, -0.15) is 0 Å². The van der Waals surface area contributed by atoms with Crippen LogP contribution in [0.3, 0.4) is 0 Å². The molecule has 0 aliphatic carbocycles. The van der Waals surface area contributed by atoms with E-state index in [1.807, 2.05) is 36.8 Å². The van der Waals surface area contributed by atoms with Crippen LogP contribution in [0.1, 0.15) is 29.9 Å². The Hall–Kier alpha value is -1.94. The highest BCUT2D eigenvalue weighted by Crippen LogP contribution is 2.26. The highest BCUT2D eigenvalue weighted by atomic mass is 35.5. The molecule has 4 nitrogen and oxygen atoms in total. The van der Waals surface area contributed by atoms with Gasteiger partial charge in [-0.3, -0.25) is 4.79 Å². The molecule has 0 bridgehead atoms. The summed E-state index contributed by atoms with van der Waals surface area (Å²) in [6, 6.07) is 5.28. The first kappa shape index (κ1) is 13.5. The molecule has 0 amide bonds. The molecule has 0 aliphatic heterocycles. The van der Waals surface area contributed by atoms with E-state index in [4.69, 9.17) is 11.6 Å². The van der Waals surface area contributed by atoms with Crippen LogP contribution in [0.25, 0.3) is 17.5 Å². The van der Waals surface area contributed by atoms with E-state index < -0.39 is 0 Å². The summed E-state index contributed by atoms with van der Waals surface area (Å²) in [5.41, 5.74) is 2.96. The van der Waals surface area contributed by atoms with Gasteiger partial charge in [0.1, 0.15) is 5.69 Å². The molecule has 0 saturated heterocycles. The molecule has 0 spiro atoms. The van der Waals surface area contributed by atoms with Crippen molar-refractivity contribution in [2.24, 2.45) is 7.05 Å². The Kier molecular flexibility index (Phi) is 3.81. The number of carbonyl (C=O) groups excluding carboxylic acids is 1. The van der Waals surface area contributed by atoms with Crippen LogP contribution in [0.5, 0.6) is 0 Å². The Morgan fingerprint density at radius 3 is 2.63 bits per heavy atom. The van der Waals surface area contributed by atoms with Crippen LogP contribution < -0.4 is 0 Å². The lowest BCUT2D eigenvalue weighted by Gasteiger charge is -2.06. The Balaban J connectivity index is 2.66. The Labute approximate surface area is 116 Å².